The molecule has 0 amide bonds. The van der Waals surface area contributed by atoms with Crippen molar-refractivity contribution in [3.05, 3.63) is 152 Å². The summed E-state index contributed by atoms with van der Waals surface area (Å²) in [7, 11) is 0. The van der Waals surface area contributed by atoms with Crippen LogP contribution in [0.3, 0.4) is 0 Å². The summed E-state index contributed by atoms with van der Waals surface area (Å²) in [6.07, 6.45) is 6.91. The van der Waals surface area contributed by atoms with Crippen molar-refractivity contribution in [2.75, 3.05) is 0 Å². The zero-order valence-electron chi connectivity index (χ0n) is 25.4. The van der Waals surface area contributed by atoms with Crippen LogP contribution in [0.2, 0.25) is 0 Å². The maximum atomic E-state index is 4.62. The van der Waals surface area contributed by atoms with Gasteiger partial charge in [0.25, 0.3) is 0 Å². The average molecular weight is 832 g/mol. The first kappa shape index (κ1) is 36.1. The van der Waals surface area contributed by atoms with E-state index >= 15 is 0 Å². The van der Waals surface area contributed by atoms with Crippen LogP contribution in [0.1, 0.15) is 26.3 Å². The van der Waals surface area contributed by atoms with Crippen LogP contribution < -0.4 is 0 Å². The molecule has 0 unspecified atom stereocenters. The van der Waals surface area contributed by atoms with Crippen molar-refractivity contribution in [3.63, 3.8) is 0 Å². The Morgan fingerprint density at radius 3 is 2.13 bits per heavy atom. The van der Waals surface area contributed by atoms with Gasteiger partial charge in [0.1, 0.15) is 0 Å². The van der Waals surface area contributed by atoms with Gasteiger partial charge < -0.3 is 21.0 Å². The Balaban J connectivity index is 0.000000254. The van der Waals surface area contributed by atoms with E-state index in [1.807, 2.05) is 72.9 Å². The zero-order chi connectivity index (χ0) is 28.9. The summed E-state index contributed by atoms with van der Waals surface area (Å²) in [4.78, 5) is 13.5. The van der Waals surface area contributed by atoms with Crippen LogP contribution in [0, 0.1) is 24.4 Å². The minimum atomic E-state index is 0. The fraction of sp³-hybridized carbons (Fsp3) is 0.103. The second kappa shape index (κ2) is 16.3. The van der Waals surface area contributed by atoms with Crippen LogP contribution in [0.25, 0.3) is 55.3 Å². The van der Waals surface area contributed by atoms with E-state index in [-0.39, 0.29) is 66.6 Å². The Bertz CT molecular complexity index is 1960. The molecule has 0 aliphatic heterocycles. The number of rotatable bonds is 3. The smallest absolute Gasteiger partial charge is 0.0198 e. The second-order valence-corrected chi connectivity index (χ2v) is 11.1. The second-order valence-electron chi connectivity index (χ2n) is 11.1. The Labute approximate surface area is 306 Å². The van der Waals surface area contributed by atoms with Crippen LogP contribution >= 0.6 is 0 Å². The van der Waals surface area contributed by atoms with E-state index in [1.165, 1.54) is 10.9 Å². The molecule has 3 heterocycles. The molecule has 0 N–H and O–H groups in total. The molecule has 0 fully saturated rings. The molecule has 0 saturated carbocycles. The topological polar surface area (TPSA) is 38.7 Å². The van der Waals surface area contributed by atoms with Gasteiger partial charge in [0.05, 0.1) is 0 Å². The first-order chi connectivity index (χ1) is 20.5. The first-order valence-corrected chi connectivity index (χ1v) is 14.0. The molecule has 45 heavy (non-hydrogen) atoms. The van der Waals surface area contributed by atoms with E-state index in [2.05, 4.69) is 103 Å². The molecule has 3 aromatic heterocycles. The molecular weight excluding hydrogens is 802 g/mol. The van der Waals surface area contributed by atoms with Gasteiger partial charge in [-0.15, -0.1) is 48.0 Å². The minimum Gasteiger partial charge on any atom is -0.352 e. The van der Waals surface area contributed by atoms with Crippen molar-refractivity contribution in [1.29, 1.82) is 0 Å². The number of hydrogen-bond donors (Lipinski definition) is 0. The van der Waals surface area contributed by atoms with Gasteiger partial charge in [-0.2, -0.15) is 5.56 Å². The molecule has 0 aliphatic rings. The molecule has 7 rings (SSSR count). The predicted octanol–water partition coefficient (Wildman–Crippen LogP) is 8.98. The fourth-order valence-corrected chi connectivity index (χ4v) is 4.73. The summed E-state index contributed by atoms with van der Waals surface area (Å²) in [5.41, 5.74) is 7.96. The first-order valence-electron chi connectivity index (χ1n) is 14.0. The van der Waals surface area contributed by atoms with E-state index in [1.54, 1.807) is 6.20 Å². The molecule has 0 aliphatic carbocycles. The average Bonchev–Trinajstić information content (AvgIpc) is 3.05. The van der Waals surface area contributed by atoms with Crippen LogP contribution in [0.4, 0.5) is 0 Å². The Hall–Kier alpha value is -3.33. The number of pyridine rings is 3. The third-order valence-electron chi connectivity index (χ3n) is 7.08. The molecular formula is C39H29BIrN3Y-4. The van der Waals surface area contributed by atoms with Gasteiger partial charge in [0, 0.05) is 73.6 Å². The zero-order valence-corrected chi connectivity index (χ0v) is 30.6. The summed E-state index contributed by atoms with van der Waals surface area (Å²) in [5.74, 6) is 0. The normalized spacial score (nSPS) is 10.5. The fourth-order valence-electron chi connectivity index (χ4n) is 4.73. The molecule has 4 aromatic carbocycles. The van der Waals surface area contributed by atoms with Gasteiger partial charge in [-0.3, -0.25) is 23.3 Å². The van der Waals surface area contributed by atoms with E-state index < -0.39 is 0 Å². The summed E-state index contributed by atoms with van der Waals surface area (Å²) < 4.78 is 0. The molecule has 219 valence electrons. The van der Waals surface area contributed by atoms with Crippen LogP contribution in [0.5, 0.6) is 0 Å². The Morgan fingerprint density at radius 2 is 1.42 bits per heavy atom. The number of aromatic nitrogens is 3. The van der Waals surface area contributed by atoms with E-state index in [0.29, 0.717) is 0 Å². The molecule has 0 saturated heterocycles. The summed E-state index contributed by atoms with van der Waals surface area (Å²) >= 11 is 0. The molecule has 5 radical (unpaired) electrons. The molecule has 0 bridgehead atoms. The molecule has 3 nitrogen and oxygen atoms in total. The van der Waals surface area contributed by atoms with E-state index in [4.69, 9.17) is 0 Å². The summed E-state index contributed by atoms with van der Waals surface area (Å²) in [5, 5.41) is 3.43. The van der Waals surface area contributed by atoms with Crippen molar-refractivity contribution < 1.29 is 52.8 Å². The monoisotopic (exact) mass is 832 g/mol. The Kier molecular flexibility index (Phi) is 13.1. The number of nitrogens with zero attached hydrogens (tertiary/aromatic N) is 3. The third-order valence-corrected chi connectivity index (χ3v) is 7.08. The minimum absolute atomic E-state index is 0. The van der Waals surface area contributed by atoms with Gasteiger partial charge in [-0.25, -0.2) is 6.07 Å². The van der Waals surface area contributed by atoms with Gasteiger partial charge in [0.2, 0.25) is 0 Å². The summed E-state index contributed by atoms with van der Waals surface area (Å²) in [6, 6.07) is 46.2. The molecule has 0 atom stereocenters. The van der Waals surface area contributed by atoms with Crippen molar-refractivity contribution >= 4 is 30.1 Å². The van der Waals surface area contributed by atoms with Gasteiger partial charge >= 0.3 is 0 Å². The largest absolute Gasteiger partial charge is 0.352 e. The number of benzene rings is 4. The maximum absolute atomic E-state index is 4.62. The van der Waals surface area contributed by atoms with Crippen molar-refractivity contribution in [2.24, 2.45) is 0 Å². The summed E-state index contributed by atoms with van der Waals surface area (Å²) in [6.45, 7) is 6.58. The molecule has 0 spiro atoms. The van der Waals surface area contributed by atoms with Gasteiger partial charge in [0.15, 0.2) is 0 Å². The molecule has 6 heteroatoms. The Morgan fingerprint density at radius 1 is 0.644 bits per heavy atom. The third kappa shape index (κ3) is 8.69. The SMILES string of the molecule is CC(C)(C)c1ccc(-c2[c-]cccc2)nc1.[B].[Ir].[Y].[c-]1ccc(-c2[c-]nc3c(ccc4ccccc43)c2)[c-]c1-c1ccccn1. The van der Waals surface area contributed by atoms with Crippen molar-refractivity contribution in [1.82, 2.24) is 15.0 Å². The van der Waals surface area contributed by atoms with Crippen molar-refractivity contribution in [2.45, 2.75) is 26.2 Å². The quantitative estimate of drug-likeness (QED) is 0.102. The van der Waals surface area contributed by atoms with Gasteiger partial charge in [-0.1, -0.05) is 86.4 Å². The van der Waals surface area contributed by atoms with Gasteiger partial charge in [-0.05, 0) is 45.2 Å². The maximum Gasteiger partial charge on any atom is 0.0198 e. The van der Waals surface area contributed by atoms with E-state index in [9.17, 15) is 0 Å². The number of fused-ring (bicyclic) bond motifs is 3. The van der Waals surface area contributed by atoms with Crippen LogP contribution in [-0.2, 0) is 58.2 Å². The van der Waals surface area contributed by atoms with Crippen LogP contribution in [-0.4, -0.2) is 23.4 Å². The number of hydrogen-bond acceptors (Lipinski definition) is 3. The van der Waals surface area contributed by atoms with Crippen molar-refractivity contribution in [3.8, 4) is 33.6 Å². The van der Waals surface area contributed by atoms with E-state index in [0.717, 1.165) is 49.9 Å². The van der Waals surface area contributed by atoms with Crippen LogP contribution in [0.15, 0.2) is 122 Å². The molecule has 7 aromatic rings. The predicted molar refractivity (Wildman–Crippen MR) is 177 cm³/mol. The standard InChI is InChI=1S/C24H13N2.C15H16N.B.Ir.Y/c1-2-9-22-17(6-1)11-12-20-15-21(16-26-24(20)22)18-7-5-8-19(14-18)23-10-3-4-13-25-23;1-15(2,3)13-9-10-14(16-11-13)12-7-5-4-6-8-12;;;/h1-7,9-13,15H;4-7,9-11H,1-3H3;;;/q-3;-1;;;.